The normalized spacial score (nSPS) is 15.0. The predicted octanol–water partition coefficient (Wildman–Crippen LogP) is 1.89. The maximum absolute atomic E-state index is 11.7. The first kappa shape index (κ1) is 18.0. The van der Waals surface area contributed by atoms with Gasteiger partial charge in [0, 0.05) is 44.0 Å². The van der Waals surface area contributed by atoms with Crippen LogP contribution < -0.4 is 10.2 Å². The topological polar surface area (TPSA) is 61.9 Å². The van der Waals surface area contributed by atoms with Crippen molar-refractivity contribution < 1.29 is 14.3 Å². The van der Waals surface area contributed by atoms with Crippen LogP contribution in [0.5, 0.6) is 0 Å². The van der Waals surface area contributed by atoms with Gasteiger partial charge in [-0.05, 0) is 30.7 Å². The number of hydrogen-bond donors (Lipinski definition) is 1. The second-order valence-electron chi connectivity index (χ2n) is 5.76. The molecule has 1 heterocycles. The van der Waals surface area contributed by atoms with Crippen molar-refractivity contribution in [1.82, 2.24) is 4.90 Å². The summed E-state index contributed by atoms with van der Waals surface area (Å²) in [5.41, 5.74) is 1.92. The summed E-state index contributed by atoms with van der Waals surface area (Å²) < 4.78 is 4.70. The summed E-state index contributed by atoms with van der Waals surface area (Å²) in [5.74, 6) is -0.195. The number of methoxy groups -OCH3 is 1. The molecule has 1 aromatic rings. The van der Waals surface area contributed by atoms with Gasteiger partial charge in [-0.2, -0.15) is 0 Å². The Balaban J connectivity index is 1.82. The highest BCUT2D eigenvalue weighted by molar-refractivity contribution is 5.90. The average Bonchev–Trinajstić information content (AvgIpc) is 2.61. The summed E-state index contributed by atoms with van der Waals surface area (Å²) >= 11 is 0. The molecule has 0 unspecified atom stereocenters. The molecular formula is C18H25N3O3. The lowest BCUT2D eigenvalue weighted by atomic mass is 10.2. The molecule has 2 rings (SSSR count). The monoisotopic (exact) mass is 331 g/mol. The van der Waals surface area contributed by atoms with E-state index < -0.39 is 0 Å². The van der Waals surface area contributed by atoms with Gasteiger partial charge in [-0.15, -0.1) is 6.58 Å². The highest BCUT2D eigenvalue weighted by Gasteiger charge is 2.19. The maximum Gasteiger partial charge on any atom is 0.319 e. The number of carbonyl (C=O) groups excluding carboxylic acids is 2. The Kier molecular flexibility index (Phi) is 6.81. The molecule has 1 aliphatic heterocycles. The first-order chi connectivity index (χ1) is 11.6. The minimum atomic E-state index is -0.194. The van der Waals surface area contributed by atoms with Crippen LogP contribution in [-0.4, -0.2) is 56.6 Å². The molecule has 0 radical (unpaired) electrons. The van der Waals surface area contributed by atoms with Crippen LogP contribution in [0, 0.1) is 0 Å². The van der Waals surface area contributed by atoms with Crippen molar-refractivity contribution in [3.05, 3.63) is 36.9 Å². The minimum absolute atomic E-state index is 0.000857. The van der Waals surface area contributed by atoms with Gasteiger partial charge in [-0.1, -0.05) is 6.08 Å². The summed E-state index contributed by atoms with van der Waals surface area (Å²) in [6, 6.07) is 7.86. The number of nitrogens with one attached hydrogen (secondary N) is 1. The molecule has 130 valence electrons. The van der Waals surface area contributed by atoms with E-state index in [4.69, 9.17) is 4.74 Å². The summed E-state index contributed by atoms with van der Waals surface area (Å²) in [4.78, 5) is 27.4. The third kappa shape index (κ3) is 5.38. The van der Waals surface area contributed by atoms with E-state index in [0.29, 0.717) is 19.4 Å². The zero-order chi connectivity index (χ0) is 17.4. The lowest BCUT2D eigenvalue weighted by Crippen LogP contribution is -2.48. The lowest BCUT2D eigenvalue weighted by molar-refractivity contribution is -0.142. The van der Waals surface area contributed by atoms with Gasteiger partial charge in [-0.25, -0.2) is 0 Å². The molecule has 6 nitrogen and oxygen atoms in total. The molecule has 6 heteroatoms. The number of piperazine rings is 1. The van der Waals surface area contributed by atoms with Gasteiger partial charge in [0.15, 0.2) is 0 Å². The third-order valence-corrected chi connectivity index (χ3v) is 4.04. The molecule has 0 spiro atoms. The standard InChI is InChI=1S/C18H25N3O3/c1-3-4-5-17(22)19-15-6-8-16(9-7-15)21-12-10-20(11-13-21)14-18(23)24-2/h3,6-9H,1,4-5,10-14H2,2H3,(H,19,22). The first-order valence-electron chi connectivity index (χ1n) is 8.17. The highest BCUT2D eigenvalue weighted by Crippen LogP contribution is 2.19. The smallest absolute Gasteiger partial charge is 0.319 e. The zero-order valence-electron chi connectivity index (χ0n) is 14.2. The fourth-order valence-electron chi connectivity index (χ4n) is 2.62. The Labute approximate surface area is 143 Å². The molecule has 0 bridgehead atoms. The van der Waals surface area contributed by atoms with Gasteiger partial charge in [0.25, 0.3) is 0 Å². The Hall–Kier alpha value is -2.34. The van der Waals surface area contributed by atoms with Crippen molar-refractivity contribution in [2.24, 2.45) is 0 Å². The molecule has 1 saturated heterocycles. The molecule has 24 heavy (non-hydrogen) atoms. The maximum atomic E-state index is 11.7. The second kappa shape index (κ2) is 9.08. The largest absolute Gasteiger partial charge is 0.468 e. The highest BCUT2D eigenvalue weighted by atomic mass is 16.5. The van der Waals surface area contributed by atoms with Crippen molar-refractivity contribution in [1.29, 1.82) is 0 Å². The summed E-state index contributed by atoms with van der Waals surface area (Å²) in [7, 11) is 1.41. The van der Waals surface area contributed by atoms with Crippen LogP contribution in [0.2, 0.25) is 0 Å². The van der Waals surface area contributed by atoms with Crippen LogP contribution in [0.3, 0.4) is 0 Å². The summed E-state index contributed by atoms with van der Waals surface area (Å²) in [5, 5.41) is 2.88. The van der Waals surface area contributed by atoms with Crippen LogP contribution in [0.4, 0.5) is 11.4 Å². The fourth-order valence-corrected chi connectivity index (χ4v) is 2.62. The van der Waals surface area contributed by atoms with E-state index in [1.165, 1.54) is 7.11 Å². The molecule has 0 aliphatic carbocycles. The molecule has 1 fully saturated rings. The Morgan fingerprint density at radius 2 is 1.88 bits per heavy atom. The summed E-state index contributed by atoms with van der Waals surface area (Å²) in [6.07, 6.45) is 2.87. The number of anilines is 2. The molecule has 1 amide bonds. The second-order valence-corrected chi connectivity index (χ2v) is 5.76. The van der Waals surface area contributed by atoms with Crippen LogP contribution in [0.25, 0.3) is 0 Å². The van der Waals surface area contributed by atoms with Crippen molar-refractivity contribution in [2.75, 3.05) is 50.1 Å². The van der Waals surface area contributed by atoms with Gasteiger partial charge in [0.1, 0.15) is 0 Å². The molecule has 1 aromatic carbocycles. The van der Waals surface area contributed by atoms with Crippen LogP contribution >= 0.6 is 0 Å². The van der Waals surface area contributed by atoms with Crippen molar-refractivity contribution in [3.63, 3.8) is 0 Å². The number of amides is 1. The summed E-state index contributed by atoms with van der Waals surface area (Å²) in [6.45, 7) is 7.34. The lowest BCUT2D eigenvalue weighted by Gasteiger charge is -2.35. The molecular weight excluding hydrogens is 306 g/mol. The Morgan fingerprint density at radius 1 is 1.21 bits per heavy atom. The third-order valence-electron chi connectivity index (χ3n) is 4.04. The average molecular weight is 331 g/mol. The molecule has 1 N–H and O–H groups in total. The number of rotatable bonds is 7. The van der Waals surface area contributed by atoms with Gasteiger partial charge < -0.3 is 15.0 Å². The molecule has 0 atom stereocenters. The number of nitrogens with zero attached hydrogens (tertiary/aromatic N) is 2. The number of carbonyl (C=O) groups is 2. The van der Waals surface area contributed by atoms with Crippen LogP contribution in [0.1, 0.15) is 12.8 Å². The molecule has 0 aromatic heterocycles. The van der Waals surface area contributed by atoms with E-state index in [2.05, 4.69) is 21.7 Å². The van der Waals surface area contributed by atoms with Crippen molar-refractivity contribution in [3.8, 4) is 0 Å². The predicted molar refractivity (Wildman–Crippen MR) is 95.2 cm³/mol. The van der Waals surface area contributed by atoms with E-state index >= 15 is 0 Å². The number of ether oxygens (including phenoxy) is 1. The molecule has 1 aliphatic rings. The van der Waals surface area contributed by atoms with E-state index in [-0.39, 0.29) is 11.9 Å². The van der Waals surface area contributed by atoms with Gasteiger partial charge in [-0.3, -0.25) is 14.5 Å². The van der Waals surface area contributed by atoms with Gasteiger partial charge in [0.05, 0.1) is 13.7 Å². The van der Waals surface area contributed by atoms with Crippen LogP contribution in [0.15, 0.2) is 36.9 Å². The Bertz CT molecular complexity index is 563. The number of esters is 1. The van der Waals surface area contributed by atoms with E-state index in [9.17, 15) is 9.59 Å². The van der Waals surface area contributed by atoms with E-state index in [1.807, 2.05) is 24.3 Å². The number of allylic oxidation sites excluding steroid dienone is 1. The van der Waals surface area contributed by atoms with Gasteiger partial charge in [0.2, 0.25) is 5.91 Å². The van der Waals surface area contributed by atoms with E-state index in [1.54, 1.807) is 6.08 Å². The number of benzene rings is 1. The quantitative estimate of drug-likeness (QED) is 0.611. The van der Waals surface area contributed by atoms with Crippen molar-refractivity contribution >= 4 is 23.3 Å². The molecule has 0 saturated carbocycles. The first-order valence-corrected chi connectivity index (χ1v) is 8.17. The fraction of sp³-hybridized carbons (Fsp3) is 0.444. The van der Waals surface area contributed by atoms with Gasteiger partial charge >= 0.3 is 5.97 Å². The Morgan fingerprint density at radius 3 is 2.46 bits per heavy atom. The minimum Gasteiger partial charge on any atom is -0.468 e. The van der Waals surface area contributed by atoms with Crippen LogP contribution in [-0.2, 0) is 14.3 Å². The SMILES string of the molecule is C=CCCC(=O)Nc1ccc(N2CCN(CC(=O)OC)CC2)cc1. The van der Waals surface area contributed by atoms with Crippen molar-refractivity contribution in [2.45, 2.75) is 12.8 Å². The number of hydrogen-bond acceptors (Lipinski definition) is 5. The van der Waals surface area contributed by atoms with E-state index in [0.717, 1.165) is 37.6 Å². The zero-order valence-corrected chi connectivity index (χ0v) is 14.2.